The lowest BCUT2D eigenvalue weighted by molar-refractivity contribution is 0.0204. The molecule has 116 valence electrons. The van der Waals surface area contributed by atoms with Crippen LogP contribution in [0.1, 0.15) is 56.0 Å². The lowest BCUT2D eigenvalue weighted by Gasteiger charge is -2.27. The van der Waals surface area contributed by atoms with Crippen LogP contribution in [0.5, 0.6) is 0 Å². The predicted octanol–water partition coefficient (Wildman–Crippen LogP) is 2.53. The molecule has 0 aromatic carbocycles. The van der Waals surface area contributed by atoms with E-state index < -0.39 is 17.7 Å². The Kier molecular flexibility index (Phi) is 4.20. The Balaban J connectivity index is 2.13. The van der Waals surface area contributed by atoms with Gasteiger partial charge in [0.25, 0.3) is 0 Å². The molecule has 0 unspecified atom stereocenters. The van der Waals surface area contributed by atoms with Gasteiger partial charge in [0.1, 0.15) is 17.9 Å². The molecule has 1 fully saturated rings. The number of likely N-dealkylation sites (tertiary alicyclic amines) is 1. The summed E-state index contributed by atoms with van der Waals surface area (Å²) in [5.41, 5.74) is -0.457. The van der Waals surface area contributed by atoms with Gasteiger partial charge in [-0.15, -0.1) is 0 Å². The molecule has 21 heavy (non-hydrogen) atoms. The smallest absolute Gasteiger partial charge is 0.410 e. The van der Waals surface area contributed by atoms with Gasteiger partial charge in [0.15, 0.2) is 5.69 Å². The average molecular weight is 296 g/mol. The number of carbonyl (C=O) groups excluding carboxylic acids is 2. The van der Waals surface area contributed by atoms with E-state index in [4.69, 9.17) is 9.15 Å². The topological polar surface area (TPSA) is 81.9 Å². The third-order valence-corrected chi connectivity index (χ3v) is 3.08. The van der Waals surface area contributed by atoms with E-state index in [9.17, 15) is 9.59 Å². The number of carbonyl (C=O) groups is 2. The zero-order chi connectivity index (χ0) is 15.6. The molecular formula is C14H20N2O5. The molecule has 0 radical (unpaired) electrons. The Hall–Kier alpha value is -2.05. The van der Waals surface area contributed by atoms with E-state index in [0.29, 0.717) is 12.4 Å². The van der Waals surface area contributed by atoms with Crippen molar-refractivity contribution >= 4 is 12.1 Å². The second kappa shape index (κ2) is 5.75. The molecule has 0 N–H and O–H groups in total. The van der Waals surface area contributed by atoms with E-state index in [2.05, 4.69) is 9.72 Å². The molecule has 0 spiro atoms. The Labute approximate surface area is 123 Å². The van der Waals surface area contributed by atoms with Crippen molar-refractivity contribution < 1.29 is 23.5 Å². The second-order valence-corrected chi connectivity index (χ2v) is 5.89. The number of rotatable bonds is 2. The molecule has 7 nitrogen and oxygen atoms in total. The summed E-state index contributed by atoms with van der Waals surface area (Å²) in [5, 5.41) is 0. The summed E-state index contributed by atoms with van der Waals surface area (Å²) < 4.78 is 15.3. The summed E-state index contributed by atoms with van der Waals surface area (Å²) in [4.78, 5) is 29.3. The maximum absolute atomic E-state index is 12.2. The standard InChI is InChI=1S/C14H20N2O5/c1-14(2,3)21-13(18)16-7-5-6-10(16)11-15-9(8-20-11)12(17)19-4/h8,10H,5-7H2,1-4H3/t10-/m1/s1. The number of methoxy groups -OCH3 is 1. The highest BCUT2D eigenvalue weighted by Gasteiger charge is 2.36. The molecule has 1 aliphatic rings. The molecule has 0 saturated carbocycles. The largest absolute Gasteiger partial charge is 0.464 e. The molecule has 1 aliphatic heterocycles. The van der Waals surface area contributed by atoms with Crippen LogP contribution in [-0.2, 0) is 9.47 Å². The van der Waals surface area contributed by atoms with Gasteiger partial charge in [-0.25, -0.2) is 14.6 Å². The number of nitrogens with zero attached hydrogens (tertiary/aromatic N) is 2. The Morgan fingerprint density at radius 2 is 2.14 bits per heavy atom. The van der Waals surface area contributed by atoms with Crippen LogP contribution in [0.4, 0.5) is 4.79 Å². The van der Waals surface area contributed by atoms with E-state index in [1.165, 1.54) is 13.4 Å². The monoisotopic (exact) mass is 296 g/mol. The highest BCUT2D eigenvalue weighted by molar-refractivity contribution is 5.86. The fraction of sp³-hybridized carbons (Fsp3) is 0.643. The Morgan fingerprint density at radius 1 is 1.43 bits per heavy atom. The van der Waals surface area contributed by atoms with Crippen LogP contribution in [-0.4, -0.2) is 41.2 Å². The first-order chi connectivity index (χ1) is 9.81. The van der Waals surface area contributed by atoms with Gasteiger partial charge in [-0.3, -0.25) is 4.90 Å². The van der Waals surface area contributed by atoms with Crippen molar-refractivity contribution in [3.05, 3.63) is 17.8 Å². The van der Waals surface area contributed by atoms with Crippen molar-refractivity contribution in [2.75, 3.05) is 13.7 Å². The molecule has 2 heterocycles. The van der Waals surface area contributed by atoms with Crippen molar-refractivity contribution in [2.45, 2.75) is 45.3 Å². The van der Waals surface area contributed by atoms with Gasteiger partial charge >= 0.3 is 12.1 Å². The molecule has 1 saturated heterocycles. The normalized spacial score (nSPS) is 18.7. The molecule has 0 aliphatic carbocycles. The average Bonchev–Trinajstić information content (AvgIpc) is 3.03. The SMILES string of the molecule is COC(=O)c1coc([C@H]2CCCN2C(=O)OC(C)(C)C)n1. The third kappa shape index (κ3) is 3.53. The molecule has 0 bridgehead atoms. The van der Waals surface area contributed by atoms with E-state index in [-0.39, 0.29) is 11.7 Å². The van der Waals surface area contributed by atoms with Crippen LogP contribution in [0.3, 0.4) is 0 Å². The summed E-state index contributed by atoms with van der Waals surface area (Å²) in [6.45, 7) is 6.03. The van der Waals surface area contributed by atoms with Crippen molar-refractivity contribution in [1.82, 2.24) is 9.88 Å². The highest BCUT2D eigenvalue weighted by Crippen LogP contribution is 2.32. The van der Waals surface area contributed by atoms with Crippen LogP contribution >= 0.6 is 0 Å². The van der Waals surface area contributed by atoms with Crippen LogP contribution < -0.4 is 0 Å². The predicted molar refractivity (Wildman–Crippen MR) is 72.8 cm³/mol. The van der Waals surface area contributed by atoms with Crippen molar-refractivity contribution in [2.24, 2.45) is 0 Å². The van der Waals surface area contributed by atoms with Gasteiger partial charge in [-0.05, 0) is 33.6 Å². The molecule has 1 amide bonds. The van der Waals surface area contributed by atoms with Crippen LogP contribution in [0.25, 0.3) is 0 Å². The lowest BCUT2D eigenvalue weighted by atomic mass is 10.2. The first kappa shape index (κ1) is 15.3. The van der Waals surface area contributed by atoms with E-state index in [0.717, 1.165) is 12.8 Å². The summed E-state index contributed by atoms with van der Waals surface area (Å²) in [6, 6.07) is -0.307. The van der Waals surface area contributed by atoms with Crippen LogP contribution in [0.2, 0.25) is 0 Å². The lowest BCUT2D eigenvalue weighted by Crippen LogP contribution is -2.36. The van der Waals surface area contributed by atoms with Crippen LogP contribution in [0, 0.1) is 0 Å². The second-order valence-electron chi connectivity index (χ2n) is 5.89. The zero-order valence-electron chi connectivity index (χ0n) is 12.7. The summed E-state index contributed by atoms with van der Waals surface area (Å²) in [6.07, 6.45) is 2.40. The van der Waals surface area contributed by atoms with Gasteiger partial charge in [0, 0.05) is 6.54 Å². The highest BCUT2D eigenvalue weighted by atomic mass is 16.6. The number of oxazole rings is 1. The first-order valence-electron chi connectivity index (χ1n) is 6.85. The minimum atomic E-state index is -0.563. The van der Waals surface area contributed by atoms with E-state index in [1.54, 1.807) is 4.90 Å². The maximum atomic E-state index is 12.2. The van der Waals surface area contributed by atoms with Crippen molar-refractivity contribution in [3.63, 3.8) is 0 Å². The Morgan fingerprint density at radius 3 is 2.76 bits per heavy atom. The molecule has 2 rings (SSSR count). The van der Waals surface area contributed by atoms with Gasteiger partial charge < -0.3 is 13.9 Å². The minimum absolute atomic E-state index is 0.100. The fourth-order valence-corrected chi connectivity index (χ4v) is 2.20. The molecule has 1 atom stereocenters. The van der Waals surface area contributed by atoms with E-state index >= 15 is 0 Å². The van der Waals surface area contributed by atoms with Crippen molar-refractivity contribution in [1.29, 1.82) is 0 Å². The zero-order valence-corrected chi connectivity index (χ0v) is 12.7. The molecule has 7 heteroatoms. The van der Waals surface area contributed by atoms with Gasteiger partial charge in [0.05, 0.1) is 7.11 Å². The number of hydrogen-bond donors (Lipinski definition) is 0. The van der Waals surface area contributed by atoms with Gasteiger partial charge in [-0.2, -0.15) is 0 Å². The summed E-state index contributed by atoms with van der Waals surface area (Å²) in [5.74, 6) is -0.231. The Bertz CT molecular complexity index is 532. The van der Waals surface area contributed by atoms with Crippen molar-refractivity contribution in [3.8, 4) is 0 Å². The first-order valence-corrected chi connectivity index (χ1v) is 6.85. The number of hydrogen-bond acceptors (Lipinski definition) is 6. The summed E-state index contributed by atoms with van der Waals surface area (Å²) >= 11 is 0. The van der Waals surface area contributed by atoms with E-state index in [1.807, 2.05) is 20.8 Å². The maximum Gasteiger partial charge on any atom is 0.410 e. The van der Waals surface area contributed by atoms with Crippen LogP contribution in [0.15, 0.2) is 10.7 Å². The molecule has 1 aromatic rings. The number of esters is 1. The summed E-state index contributed by atoms with van der Waals surface area (Å²) in [7, 11) is 1.28. The fourth-order valence-electron chi connectivity index (χ4n) is 2.20. The molecular weight excluding hydrogens is 276 g/mol. The number of ether oxygens (including phenoxy) is 2. The number of aromatic nitrogens is 1. The minimum Gasteiger partial charge on any atom is -0.464 e. The number of amides is 1. The van der Waals surface area contributed by atoms with Gasteiger partial charge in [-0.1, -0.05) is 0 Å². The van der Waals surface area contributed by atoms with Gasteiger partial charge in [0.2, 0.25) is 5.89 Å². The third-order valence-electron chi connectivity index (χ3n) is 3.08. The molecule has 1 aromatic heterocycles. The quantitative estimate of drug-likeness (QED) is 0.780.